The van der Waals surface area contributed by atoms with E-state index in [4.69, 9.17) is 5.10 Å². The molecule has 2 aliphatic carbocycles. The molecule has 0 amide bonds. The van der Waals surface area contributed by atoms with E-state index in [-0.39, 0.29) is 17.4 Å². The van der Waals surface area contributed by atoms with Gasteiger partial charge in [0.25, 0.3) is 0 Å². The predicted octanol–water partition coefficient (Wildman–Crippen LogP) is 6.91. The summed E-state index contributed by atoms with van der Waals surface area (Å²) in [6.45, 7) is 8.15. The molecule has 6 heteroatoms. The fraction of sp³-hybridized carbons (Fsp3) is 0.579. The smallest absolute Gasteiger partial charge is 0.321 e. The Morgan fingerprint density at radius 2 is 1.61 bits per heavy atom. The highest BCUT2D eigenvalue weighted by molar-refractivity contribution is 5.74. The molecule has 6 nitrogen and oxygen atoms in total. The first-order chi connectivity index (χ1) is 21.6. The van der Waals surface area contributed by atoms with Crippen molar-refractivity contribution in [3.8, 4) is 0 Å². The second kappa shape index (κ2) is 12.8. The van der Waals surface area contributed by atoms with Crippen molar-refractivity contribution in [2.24, 2.45) is 11.8 Å². The average molecular weight is 595 g/mol. The number of aliphatic carboxylic acids is 1. The second-order valence-electron chi connectivity index (χ2n) is 14.2. The largest absolute Gasteiger partial charge is 0.480 e. The van der Waals surface area contributed by atoms with Gasteiger partial charge < -0.3 is 10.0 Å². The van der Waals surface area contributed by atoms with Crippen LogP contribution in [0.15, 0.2) is 66.7 Å². The van der Waals surface area contributed by atoms with Crippen molar-refractivity contribution in [3.05, 3.63) is 89.2 Å². The van der Waals surface area contributed by atoms with E-state index in [0.29, 0.717) is 17.8 Å². The maximum absolute atomic E-state index is 12.6. The molecular formula is C38H50N4O2. The van der Waals surface area contributed by atoms with Crippen molar-refractivity contribution in [2.75, 3.05) is 32.7 Å². The van der Waals surface area contributed by atoms with E-state index in [1.54, 1.807) is 0 Å². The highest BCUT2D eigenvalue weighted by Crippen LogP contribution is 2.53. The summed E-state index contributed by atoms with van der Waals surface area (Å²) in [5.74, 6) is 1.06. The normalized spacial score (nSPS) is 25.7. The molecule has 3 unspecified atom stereocenters. The van der Waals surface area contributed by atoms with Gasteiger partial charge in [-0.2, -0.15) is 5.10 Å². The van der Waals surface area contributed by atoms with Crippen LogP contribution in [0.25, 0.3) is 0 Å². The van der Waals surface area contributed by atoms with Gasteiger partial charge in [-0.25, -0.2) is 0 Å². The van der Waals surface area contributed by atoms with E-state index in [1.165, 1.54) is 54.6 Å². The zero-order valence-electron chi connectivity index (χ0n) is 26.5. The average Bonchev–Trinajstić information content (AvgIpc) is 3.60. The van der Waals surface area contributed by atoms with E-state index in [9.17, 15) is 9.90 Å². The second-order valence-corrected chi connectivity index (χ2v) is 14.2. The van der Waals surface area contributed by atoms with Crippen molar-refractivity contribution in [3.63, 3.8) is 0 Å². The van der Waals surface area contributed by atoms with Gasteiger partial charge in [0.1, 0.15) is 6.04 Å². The van der Waals surface area contributed by atoms with Crippen molar-refractivity contribution in [1.29, 1.82) is 0 Å². The zero-order valence-corrected chi connectivity index (χ0v) is 26.5. The molecule has 3 heterocycles. The number of carboxylic acid groups (broad SMARTS) is 1. The first-order valence-corrected chi connectivity index (χ1v) is 17.4. The number of aryl methyl sites for hydroxylation is 1. The molecule has 7 rings (SSSR count). The molecule has 2 saturated heterocycles. The number of rotatable bonds is 10. The summed E-state index contributed by atoms with van der Waals surface area (Å²) >= 11 is 0. The van der Waals surface area contributed by atoms with Crippen molar-refractivity contribution < 1.29 is 9.90 Å². The molecule has 234 valence electrons. The summed E-state index contributed by atoms with van der Waals surface area (Å²) in [7, 11) is 0. The van der Waals surface area contributed by atoms with Gasteiger partial charge in [0.15, 0.2) is 0 Å². The minimum Gasteiger partial charge on any atom is -0.480 e. The van der Waals surface area contributed by atoms with Crippen LogP contribution in [0.3, 0.4) is 0 Å². The number of benzene rings is 2. The van der Waals surface area contributed by atoms with Gasteiger partial charge in [0.2, 0.25) is 0 Å². The van der Waals surface area contributed by atoms with E-state index < -0.39 is 5.97 Å². The summed E-state index contributed by atoms with van der Waals surface area (Å²) < 4.78 is 2.29. The maximum Gasteiger partial charge on any atom is 0.321 e. The molecule has 1 N–H and O–H groups in total. The van der Waals surface area contributed by atoms with Crippen molar-refractivity contribution in [2.45, 2.75) is 94.5 Å². The summed E-state index contributed by atoms with van der Waals surface area (Å²) in [6.07, 6.45) is 10.4. The molecule has 3 atom stereocenters. The number of carboxylic acids is 1. The van der Waals surface area contributed by atoms with E-state index >= 15 is 0 Å². The SMILES string of the molecule is CCn1nc(C2(c3ccccc3)CC2)cc1C1CCN(CC2CN(C(C(=O)O)C3CCCCC3)CC2c2ccccc2)CC1. The third kappa shape index (κ3) is 5.88. The molecule has 0 spiro atoms. The third-order valence-electron chi connectivity index (χ3n) is 11.6. The number of nitrogens with zero attached hydrogens (tertiary/aromatic N) is 4. The Hall–Kier alpha value is -2.96. The maximum atomic E-state index is 12.6. The van der Waals surface area contributed by atoms with Crippen molar-refractivity contribution >= 4 is 5.97 Å². The van der Waals surface area contributed by atoms with E-state index in [2.05, 4.69) is 88.1 Å². The number of hydrogen-bond donors (Lipinski definition) is 1. The summed E-state index contributed by atoms with van der Waals surface area (Å²) in [5.41, 5.74) is 5.59. The summed E-state index contributed by atoms with van der Waals surface area (Å²) in [5, 5.41) is 15.6. The minimum atomic E-state index is -0.614. The molecule has 4 fully saturated rings. The molecule has 2 aliphatic heterocycles. The van der Waals surface area contributed by atoms with Gasteiger partial charge >= 0.3 is 5.97 Å². The lowest BCUT2D eigenvalue weighted by Crippen LogP contribution is -2.46. The summed E-state index contributed by atoms with van der Waals surface area (Å²) in [4.78, 5) is 17.7. The first kappa shape index (κ1) is 29.7. The fourth-order valence-corrected chi connectivity index (χ4v) is 9.07. The van der Waals surface area contributed by atoms with Gasteiger partial charge in [0, 0.05) is 49.1 Å². The van der Waals surface area contributed by atoms with Crippen LogP contribution in [0.2, 0.25) is 0 Å². The van der Waals surface area contributed by atoms with Crippen molar-refractivity contribution in [1.82, 2.24) is 19.6 Å². The monoisotopic (exact) mass is 594 g/mol. The Bertz CT molecular complexity index is 1390. The number of hydrogen-bond acceptors (Lipinski definition) is 4. The lowest BCUT2D eigenvalue weighted by atomic mass is 9.83. The van der Waals surface area contributed by atoms with Gasteiger partial charge in [-0.15, -0.1) is 0 Å². The Kier molecular flexibility index (Phi) is 8.65. The molecular weight excluding hydrogens is 544 g/mol. The number of piperidine rings is 1. The number of likely N-dealkylation sites (tertiary alicyclic amines) is 2. The Labute approximate surface area is 263 Å². The molecule has 3 aromatic rings. The molecule has 2 aromatic carbocycles. The lowest BCUT2D eigenvalue weighted by molar-refractivity contribution is -0.145. The zero-order chi connectivity index (χ0) is 30.1. The van der Waals surface area contributed by atoms with Crippen LogP contribution in [0, 0.1) is 11.8 Å². The molecule has 1 aromatic heterocycles. The highest BCUT2D eigenvalue weighted by atomic mass is 16.4. The van der Waals surface area contributed by atoms with Crippen LogP contribution in [-0.4, -0.2) is 69.4 Å². The molecule has 0 radical (unpaired) electrons. The van der Waals surface area contributed by atoms with Gasteiger partial charge in [-0.1, -0.05) is 79.9 Å². The minimum absolute atomic E-state index is 0.114. The number of carbonyl (C=O) groups is 1. The topological polar surface area (TPSA) is 61.6 Å². The van der Waals surface area contributed by atoms with Gasteiger partial charge in [-0.3, -0.25) is 14.4 Å². The molecule has 0 bridgehead atoms. The Balaban J connectivity index is 1.04. The first-order valence-electron chi connectivity index (χ1n) is 17.4. The van der Waals surface area contributed by atoms with Crippen LogP contribution in [0.4, 0.5) is 0 Å². The third-order valence-corrected chi connectivity index (χ3v) is 11.6. The summed E-state index contributed by atoms with van der Waals surface area (Å²) in [6, 6.07) is 24.0. The molecule has 4 aliphatic rings. The van der Waals surface area contributed by atoms with Crippen LogP contribution >= 0.6 is 0 Å². The van der Waals surface area contributed by atoms with Gasteiger partial charge in [0.05, 0.1) is 5.69 Å². The molecule has 2 saturated carbocycles. The fourth-order valence-electron chi connectivity index (χ4n) is 9.07. The van der Waals surface area contributed by atoms with Gasteiger partial charge in [-0.05, 0) is 87.6 Å². The predicted molar refractivity (Wildman–Crippen MR) is 175 cm³/mol. The lowest BCUT2D eigenvalue weighted by Gasteiger charge is -2.35. The van der Waals surface area contributed by atoms with Crippen LogP contribution in [0.5, 0.6) is 0 Å². The Morgan fingerprint density at radius 3 is 2.25 bits per heavy atom. The quantitative estimate of drug-likeness (QED) is 0.276. The Morgan fingerprint density at radius 1 is 0.932 bits per heavy atom. The standard InChI is InChI=1S/C38H50N4O2/c1-2-42-34(24-35(39-42)38(20-21-38)32-16-10-5-11-17-32)29-18-22-40(23-19-29)25-31-26-41(27-33(31)28-12-6-3-7-13-28)36(37(43)44)30-14-8-4-9-15-30/h3,5-7,10-13,16-17,24,29-31,33,36H,2,4,8-9,14-15,18-23,25-27H2,1H3,(H,43,44). The van der Waals surface area contributed by atoms with Crippen LogP contribution < -0.4 is 0 Å². The molecule has 44 heavy (non-hydrogen) atoms. The van der Waals surface area contributed by atoms with E-state index in [1.807, 2.05) is 0 Å². The van der Waals surface area contributed by atoms with Crippen LogP contribution in [-0.2, 0) is 16.8 Å². The van der Waals surface area contributed by atoms with E-state index in [0.717, 1.165) is 65.0 Å². The number of aromatic nitrogens is 2. The van der Waals surface area contributed by atoms with Crippen LogP contribution in [0.1, 0.15) is 99.1 Å². The highest BCUT2D eigenvalue weighted by Gasteiger charge is 2.48.